The van der Waals surface area contributed by atoms with Crippen molar-refractivity contribution < 1.29 is 8.78 Å². The number of benzene rings is 1. The molecule has 2 aliphatic heterocycles. The van der Waals surface area contributed by atoms with Crippen molar-refractivity contribution in [2.75, 3.05) is 39.8 Å². The molecular weight excluding hydrogens is 437 g/mol. The maximum absolute atomic E-state index is 13.7. The lowest BCUT2D eigenvalue weighted by Gasteiger charge is -2.25. The number of guanidine groups is 1. The molecular formula is C18H25F2IN4. The summed E-state index contributed by atoms with van der Waals surface area (Å²) in [6, 6.07) is 4.29. The molecule has 1 saturated heterocycles. The van der Waals surface area contributed by atoms with E-state index < -0.39 is 11.6 Å². The number of aliphatic imine (C=N–C) groups is 1. The third-order valence-electron chi connectivity index (χ3n) is 4.73. The summed E-state index contributed by atoms with van der Waals surface area (Å²) in [5, 5.41) is 3.29. The molecule has 1 atom stereocenters. The first-order chi connectivity index (χ1) is 11.7. The van der Waals surface area contributed by atoms with Crippen LogP contribution in [0.4, 0.5) is 8.78 Å². The van der Waals surface area contributed by atoms with Crippen LogP contribution in [0.15, 0.2) is 35.3 Å². The zero-order valence-corrected chi connectivity index (χ0v) is 16.8. The van der Waals surface area contributed by atoms with Crippen LogP contribution in [0.1, 0.15) is 12.0 Å². The van der Waals surface area contributed by atoms with Crippen molar-refractivity contribution in [2.24, 2.45) is 4.99 Å². The van der Waals surface area contributed by atoms with Gasteiger partial charge in [0.05, 0.1) is 0 Å². The van der Waals surface area contributed by atoms with Crippen LogP contribution in [0.25, 0.3) is 0 Å². The van der Waals surface area contributed by atoms with E-state index in [1.54, 1.807) is 7.05 Å². The monoisotopic (exact) mass is 462 g/mol. The number of nitrogens with zero attached hydrogens (tertiary/aromatic N) is 3. The van der Waals surface area contributed by atoms with Gasteiger partial charge >= 0.3 is 0 Å². The minimum atomic E-state index is -0.542. The predicted molar refractivity (Wildman–Crippen MR) is 108 cm³/mol. The highest BCUT2D eigenvalue weighted by Crippen LogP contribution is 2.18. The van der Waals surface area contributed by atoms with E-state index in [1.807, 2.05) is 0 Å². The first kappa shape index (κ1) is 20.1. The predicted octanol–water partition coefficient (Wildman–Crippen LogP) is 2.65. The maximum Gasteiger partial charge on any atom is 0.193 e. The molecule has 0 aliphatic carbocycles. The summed E-state index contributed by atoms with van der Waals surface area (Å²) in [5.41, 5.74) is 0.516. The lowest BCUT2D eigenvalue weighted by Crippen LogP contribution is -2.43. The number of rotatable bonds is 4. The van der Waals surface area contributed by atoms with Gasteiger partial charge in [0.1, 0.15) is 11.6 Å². The molecule has 7 heteroatoms. The summed E-state index contributed by atoms with van der Waals surface area (Å²) < 4.78 is 26.6. The van der Waals surface area contributed by atoms with Gasteiger partial charge < -0.3 is 10.2 Å². The summed E-state index contributed by atoms with van der Waals surface area (Å²) in [6.07, 6.45) is 6.06. The average Bonchev–Trinajstić information content (AvgIpc) is 3.24. The van der Waals surface area contributed by atoms with Gasteiger partial charge in [-0.25, -0.2) is 8.78 Å². The van der Waals surface area contributed by atoms with Crippen LogP contribution in [-0.2, 0) is 6.42 Å². The fraction of sp³-hybridized carbons (Fsp3) is 0.500. The number of halogens is 3. The van der Waals surface area contributed by atoms with Gasteiger partial charge in [-0.2, -0.15) is 0 Å². The SMILES string of the molecule is CN=C(NCCc1ccc(F)cc1F)N1CCC(N2CC=CC2)C1.I. The zero-order chi connectivity index (χ0) is 16.9. The quantitative estimate of drug-likeness (QED) is 0.323. The van der Waals surface area contributed by atoms with E-state index in [0.717, 1.165) is 44.6 Å². The molecule has 25 heavy (non-hydrogen) atoms. The molecule has 0 amide bonds. The average molecular weight is 462 g/mol. The Bertz CT molecular complexity index is 628. The Balaban J connectivity index is 0.00000225. The Morgan fingerprint density at radius 2 is 2.04 bits per heavy atom. The minimum Gasteiger partial charge on any atom is -0.356 e. The third kappa shape index (κ3) is 5.13. The van der Waals surface area contributed by atoms with Gasteiger partial charge in [0.15, 0.2) is 5.96 Å². The molecule has 1 aromatic rings. The second-order valence-electron chi connectivity index (χ2n) is 6.27. The van der Waals surface area contributed by atoms with Crippen molar-refractivity contribution in [3.63, 3.8) is 0 Å². The Morgan fingerprint density at radius 3 is 2.72 bits per heavy atom. The van der Waals surface area contributed by atoms with Gasteiger partial charge in [-0.1, -0.05) is 18.2 Å². The summed E-state index contributed by atoms with van der Waals surface area (Å²) in [5.74, 6) is -0.179. The van der Waals surface area contributed by atoms with E-state index in [-0.39, 0.29) is 24.0 Å². The van der Waals surface area contributed by atoms with Crippen LogP contribution in [0.3, 0.4) is 0 Å². The van der Waals surface area contributed by atoms with Gasteiger partial charge in [0.25, 0.3) is 0 Å². The molecule has 1 unspecified atom stereocenters. The molecule has 0 aromatic heterocycles. The number of hydrogen-bond donors (Lipinski definition) is 1. The van der Waals surface area contributed by atoms with E-state index in [9.17, 15) is 8.78 Å². The molecule has 4 nitrogen and oxygen atoms in total. The molecule has 1 N–H and O–H groups in total. The smallest absolute Gasteiger partial charge is 0.193 e. The second-order valence-corrected chi connectivity index (χ2v) is 6.27. The minimum absolute atomic E-state index is 0. The van der Waals surface area contributed by atoms with Gasteiger partial charge in [-0.05, 0) is 24.5 Å². The molecule has 0 radical (unpaired) electrons. The van der Waals surface area contributed by atoms with Crippen LogP contribution in [-0.4, -0.2) is 61.6 Å². The lowest BCUT2D eigenvalue weighted by atomic mass is 10.1. The van der Waals surface area contributed by atoms with Crippen molar-refractivity contribution in [1.29, 1.82) is 0 Å². The van der Waals surface area contributed by atoms with Crippen LogP contribution in [0.2, 0.25) is 0 Å². The van der Waals surface area contributed by atoms with Crippen LogP contribution in [0.5, 0.6) is 0 Å². The van der Waals surface area contributed by atoms with E-state index >= 15 is 0 Å². The third-order valence-corrected chi connectivity index (χ3v) is 4.73. The van der Waals surface area contributed by atoms with Crippen LogP contribution in [0, 0.1) is 11.6 Å². The van der Waals surface area contributed by atoms with Crippen molar-refractivity contribution in [2.45, 2.75) is 18.9 Å². The van der Waals surface area contributed by atoms with Gasteiger partial charge in [-0.3, -0.25) is 9.89 Å². The van der Waals surface area contributed by atoms with Crippen molar-refractivity contribution in [1.82, 2.24) is 15.1 Å². The van der Waals surface area contributed by atoms with E-state index in [2.05, 4.69) is 32.3 Å². The van der Waals surface area contributed by atoms with Gasteiger partial charge in [0, 0.05) is 51.9 Å². The number of nitrogens with one attached hydrogen (secondary N) is 1. The first-order valence-corrected chi connectivity index (χ1v) is 8.46. The molecule has 1 aromatic carbocycles. The highest BCUT2D eigenvalue weighted by molar-refractivity contribution is 14.0. The Hall–Kier alpha value is -1.22. The Kier molecular flexibility index (Phi) is 7.61. The fourth-order valence-corrected chi connectivity index (χ4v) is 3.39. The number of likely N-dealkylation sites (tertiary alicyclic amines) is 1. The molecule has 1 fully saturated rings. The highest BCUT2D eigenvalue weighted by atomic mass is 127. The first-order valence-electron chi connectivity index (χ1n) is 8.46. The van der Waals surface area contributed by atoms with Crippen LogP contribution >= 0.6 is 24.0 Å². The van der Waals surface area contributed by atoms with Gasteiger partial charge in [-0.15, -0.1) is 24.0 Å². The van der Waals surface area contributed by atoms with Crippen molar-refractivity contribution >= 4 is 29.9 Å². The van der Waals surface area contributed by atoms with Crippen molar-refractivity contribution in [3.05, 3.63) is 47.5 Å². The molecule has 0 bridgehead atoms. The molecule has 0 saturated carbocycles. The van der Waals surface area contributed by atoms with Crippen molar-refractivity contribution in [3.8, 4) is 0 Å². The fourth-order valence-electron chi connectivity index (χ4n) is 3.39. The largest absolute Gasteiger partial charge is 0.356 e. The normalized spacial score (nSPS) is 20.8. The Morgan fingerprint density at radius 1 is 1.28 bits per heavy atom. The van der Waals surface area contributed by atoms with E-state index in [4.69, 9.17) is 0 Å². The molecule has 3 rings (SSSR count). The molecule has 0 spiro atoms. The summed E-state index contributed by atoms with van der Waals surface area (Å²) in [6.45, 7) is 4.59. The van der Waals surface area contributed by atoms with E-state index in [1.165, 1.54) is 12.1 Å². The van der Waals surface area contributed by atoms with Gasteiger partial charge in [0.2, 0.25) is 0 Å². The summed E-state index contributed by atoms with van der Waals surface area (Å²) in [7, 11) is 1.77. The topological polar surface area (TPSA) is 30.9 Å². The molecule has 2 heterocycles. The maximum atomic E-state index is 13.7. The highest BCUT2D eigenvalue weighted by Gasteiger charge is 2.29. The van der Waals surface area contributed by atoms with Crippen LogP contribution < -0.4 is 5.32 Å². The molecule has 138 valence electrons. The summed E-state index contributed by atoms with van der Waals surface area (Å²) >= 11 is 0. The Labute approximate surface area is 165 Å². The second kappa shape index (κ2) is 9.47. The standard InChI is InChI=1S/C18H24F2N4.HI/c1-21-18(22-8-6-14-4-5-15(19)12-17(14)20)24-11-7-16(13-24)23-9-2-3-10-23;/h2-5,12,16H,6-11,13H2,1H3,(H,21,22);1H. The zero-order valence-electron chi connectivity index (χ0n) is 14.4. The lowest BCUT2D eigenvalue weighted by molar-refractivity contribution is 0.259. The van der Waals surface area contributed by atoms with E-state index in [0.29, 0.717) is 24.6 Å². The number of hydrogen-bond acceptors (Lipinski definition) is 2. The summed E-state index contributed by atoms with van der Waals surface area (Å²) in [4.78, 5) is 9.07. The molecule has 2 aliphatic rings.